The first-order chi connectivity index (χ1) is 9.95. The van der Waals surface area contributed by atoms with Crippen molar-refractivity contribution in [1.29, 1.82) is 0 Å². The summed E-state index contributed by atoms with van der Waals surface area (Å²) in [4.78, 5) is 0. The van der Waals surface area contributed by atoms with Crippen molar-refractivity contribution < 1.29 is 9.50 Å². The Labute approximate surface area is 136 Å². The summed E-state index contributed by atoms with van der Waals surface area (Å²) >= 11 is 9.55. The molecule has 0 fully saturated rings. The Balaban J connectivity index is 1.84. The molecule has 1 atom stereocenters. The van der Waals surface area contributed by atoms with Crippen LogP contribution in [0, 0.1) is 5.82 Å². The molecule has 110 valence electrons. The molecule has 0 bridgehead atoms. The van der Waals surface area contributed by atoms with E-state index < -0.39 is 5.60 Å². The Morgan fingerprint density at radius 2 is 2.00 bits per heavy atom. The third kappa shape index (κ3) is 3.31. The van der Waals surface area contributed by atoms with Crippen molar-refractivity contribution in [3.8, 4) is 0 Å². The van der Waals surface area contributed by atoms with E-state index in [1.165, 1.54) is 23.3 Å². The average Bonchev–Trinajstić information content (AvgIpc) is 2.43. The molecule has 0 saturated carbocycles. The largest absolute Gasteiger partial charge is 0.389 e. The van der Waals surface area contributed by atoms with Crippen LogP contribution in [0.5, 0.6) is 0 Å². The fraction of sp³-hybridized carbons (Fsp3) is 0.294. The fourth-order valence-electron chi connectivity index (χ4n) is 2.98. The molecule has 21 heavy (non-hydrogen) atoms. The fourth-order valence-corrected chi connectivity index (χ4v) is 3.62. The molecule has 1 aliphatic rings. The van der Waals surface area contributed by atoms with Gasteiger partial charge in [-0.3, -0.25) is 0 Å². The molecular weight excluding hydrogens is 355 g/mol. The highest BCUT2D eigenvalue weighted by Crippen LogP contribution is 2.34. The van der Waals surface area contributed by atoms with E-state index in [9.17, 15) is 9.50 Å². The summed E-state index contributed by atoms with van der Waals surface area (Å²) < 4.78 is 14.2. The van der Waals surface area contributed by atoms with Gasteiger partial charge in [0, 0.05) is 22.3 Å². The van der Waals surface area contributed by atoms with Crippen LogP contribution in [-0.2, 0) is 19.3 Å². The van der Waals surface area contributed by atoms with Crippen LogP contribution in [0.4, 0.5) is 4.39 Å². The number of aliphatic hydroxyl groups is 1. The van der Waals surface area contributed by atoms with Gasteiger partial charge in [-0.1, -0.05) is 39.7 Å². The van der Waals surface area contributed by atoms with Crippen LogP contribution < -0.4 is 0 Å². The van der Waals surface area contributed by atoms with Crippen molar-refractivity contribution in [3.05, 3.63) is 68.4 Å². The third-order valence-electron chi connectivity index (χ3n) is 4.08. The zero-order chi connectivity index (χ0) is 15.0. The van der Waals surface area contributed by atoms with Gasteiger partial charge in [0.2, 0.25) is 0 Å². The van der Waals surface area contributed by atoms with E-state index >= 15 is 0 Å². The Kier molecular flexibility index (Phi) is 4.08. The van der Waals surface area contributed by atoms with E-state index in [1.807, 2.05) is 6.07 Å². The van der Waals surface area contributed by atoms with Gasteiger partial charge in [-0.05, 0) is 53.8 Å². The van der Waals surface area contributed by atoms with Crippen LogP contribution in [0.25, 0.3) is 0 Å². The quantitative estimate of drug-likeness (QED) is 0.813. The lowest BCUT2D eigenvalue weighted by Crippen LogP contribution is -2.38. The Bertz CT molecular complexity index is 688. The van der Waals surface area contributed by atoms with Crippen molar-refractivity contribution >= 4 is 27.5 Å². The zero-order valence-corrected chi connectivity index (χ0v) is 13.7. The number of aryl methyl sites for hydroxylation is 1. The molecular formula is C17H15BrClFO. The van der Waals surface area contributed by atoms with E-state index in [4.69, 9.17) is 11.6 Å². The molecule has 0 heterocycles. The number of hydrogen-bond donors (Lipinski definition) is 1. The Morgan fingerprint density at radius 3 is 2.76 bits per heavy atom. The highest BCUT2D eigenvalue weighted by atomic mass is 79.9. The maximum absolute atomic E-state index is 13.1. The molecule has 1 nitrogen and oxygen atoms in total. The number of rotatable bonds is 2. The van der Waals surface area contributed by atoms with Crippen molar-refractivity contribution in [2.24, 2.45) is 0 Å². The van der Waals surface area contributed by atoms with E-state index in [1.54, 1.807) is 6.07 Å². The summed E-state index contributed by atoms with van der Waals surface area (Å²) in [5.41, 5.74) is 2.42. The van der Waals surface area contributed by atoms with Gasteiger partial charge in [-0.2, -0.15) is 0 Å². The lowest BCUT2D eigenvalue weighted by atomic mass is 9.77. The van der Waals surface area contributed by atoms with Gasteiger partial charge in [0.1, 0.15) is 5.82 Å². The average molecular weight is 370 g/mol. The number of fused-ring (bicyclic) bond motifs is 1. The second-order valence-electron chi connectivity index (χ2n) is 5.73. The molecule has 2 aromatic carbocycles. The van der Waals surface area contributed by atoms with Crippen LogP contribution in [0.1, 0.15) is 23.1 Å². The molecule has 1 unspecified atom stereocenters. The van der Waals surface area contributed by atoms with Gasteiger partial charge >= 0.3 is 0 Å². The molecule has 4 heteroatoms. The number of hydrogen-bond acceptors (Lipinski definition) is 1. The highest BCUT2D eigenvalue weighted by Gasteiger charge is 2.32. The topological polar surface area (TPSA) is 20.2 Å². The predicted octanol–water partition coefficient (Wildman–Crippen LogP) is 4.70. The summed E-state index contributed by atoms with van der Waals surface area (Å²) in [6.07, 6.45) is 2.57. The first-order valence-electron chi connectivity index (χ1n) is 6.89. The summed E-state index contributed by atoms with van der Waals surface area (Å²) in [5, 5.41) is 11.3. The first-order valence-corrected chi connectivity index (χ1v) is 8.06. The van der Waals surface area contributed by atoms with E-state index in [-0.39, 0.29) is 5.82 Å². The maximum atomic E-state index is 13.1. The van der Waals surface area contributed by atoms with Crippen LogP contribution in [0.3, 0.4) is 0 Å². The minimum absolute atomic E-state index is 0.352. The maximum Gasteiger partial charge on any atom is 0.124 e. The van der Waals surface area contributed by atoms with E-state index in [0.29, 0.717) is 24.3 Å². The minimum atomic E-state index is -0.817. The first kappa shape index (κ1) is 15.0. The minimum Gasteiger partial charge on any atom is -0.389 e. The van der Waals surface area contributed by atoms with Crippen LogP contribution in [0.15, 0.2) is 40.9 Å². The molecule has 0 saturated heterocycles. The van der Waals surface area contributed by atoms with Gasteiger partial charge in [0.25, 0.3) is 0 Å². The second kappa shape index (κ2) is 5.71. The second-order valence-corrected chi connectivity index (χ2v) is 7.05. The van der Waals surface area contributed by atoms with Crippen LogP contribution >= 0.6 is 27.5 Å². The number of halogens is 3. The van der Waals surface area contributed by atoms with Gasteiger partial charge in [-0.15, -0.1) is 0 Å². The molecule has 0 aliphatic heterocycles. The van der Waals surface area contributed by atoms with Crippen molar-refractivity contribution in [3.63, 3.8) is 0 Å². The standard InChI is InChI=1S/C17H15BrClFO/c18-14-3-1-12-9-17(21,6-5-11(12)7-14)10-13-2-4-15(20)8-16(13)19/h1-4,7-8,21H,5-6,9-10H2. The van der Waals surface area contributed by atoms with Gasteiger partial charge in [0.05, 0.1) is 5.60 Å². The lowest BCUT2D eigenvalue weighted by molar-refractivity contribution is 0.0267. The van der Waals surface area contributed by atoms with Gasteiger partial charge in [0.15, 0.2) is 0 Å². The normalized spacial score (nSPS) is 21.1. The molecule has 0 aromatic heterocycles. The summed E-state index contributed by atoms with van der Waals surface area (Å²) in [7, 11) is 0. The number of benzene rings is 2. The zero-order valence-electron chi connectivity index (χ0n) is 11.4. The van der Waals surface area contributed by atoms with Crippen LogP contribution in [0.2, 0.25) is 5.02 Å². The van der Waals surface area contributed by atoms with Crippen molar-refractivity contribution in [2.75, 3.05) is 0 Å². The Hall–Kier alpha value is -0.900. The monoisotopic (exact) mass is 368 g/mol. The lowest BCUT2D eigenvalue weighted by Gasteiger charge is -2.34. The smallest absolute Gasteiger partial charge is 0.124 e. The van der Waals surface area contributed by atoms with Gasteiger partial charge < -0.3 is 5.11 Å². The summed E-state index contributed by atoms with van der Waals surface area (Å²) in [6.45, 7) is 0. The summed E-state index contributed by atoms with van der Waals surface area (Å²) in [5.74, 6) is -0.352. The Morgan fingerprint density at radius 1 is 1.19 bits per heavy atom. The van der Waals surface area contributed by atoms with E-state index in [2.05, 4.69) is 28.1 Å². The van der Waals surface area contributed by atoms with Gasteiger partial charge in [-0.25, -0.2) is 4.39 Å². The predicted molar refractivity (Wildman–Crippen MR) is 86.2 cm³/mol. The van der Waals surface area contributed by atoms with Crippen molar-refractivity contribution in [2.45, 2.75) is 31.3 Å². The SMILES string of the molecule is OC1(Cc2ccc(F)cc2Cl)CCc2cc(Br)ccc2C1. The van der Waals surface area contributed by atoms with Crippen molar-refractivity contribution in [1.82, 2.24) is 0 Å². The third-order valence-corrected chi connectivity index (χ3v) is 4.93. The molecule has 0 radical (unpaired) electrons. The summed E-state index contributed by atoms with van der Waals surface area (Å²) in [6, 6.07) is 10.5. The molecule has 1 aliphatic carbocycles. The molecule has 1 N–H and O–H groups in total. The molecule has 3 rings (SSSR count). The highest BCUT2D eigenvalue weighted by molar-refractivity contribution is 9.10. The molecule has 0 spiro atoms. The molecule has 0 amide bonds. The molecule has 2 aromatic rings. The van der Waals surface area contributed by atoms with Crippen LogP contribution in [-0.4, -0.2) is 10.7 Å². The van der Waals surface area contributed by atoms with E-state index in [0.717, 1.165) is 16.5 Å².